The minimum Gasteiger partial charge on any atom is -0.302 e. The first kappa shape index (κ1) is 15.5. The summed E-state index contributed by atoms with van der Waals surface area (Å²) in [5, 5.41) is 0. The topological polar surface area (TPSA) is 3.24 Å². The van der Waals surface area contributed by atoms with E-state index in [1.807, 2.05) is 0 Å². The average Bonchev–Trinajstić information content (AvgIpc) is 3.32. The highest BCUT2D eigenvalue weighted by Crippen LogP contribution is 2.63. The summed E-state index contributed by atoms with van der Waals surface area (Å²) in [5.74, 6) is 3.20. The van der Waals surface area contributed by atoms with Gasteiger partial charge in [0.2, 0.25) is 0 Å². The first-order chi connectivity index (χ1) is 12.7. The summed E-state index contributed by atoms with van der Waals surface area (Å²) in [6, 6.07) is 18.8. The fourth-order valence-corrected chi connectivity index (χ4v) is 7.14. The predicted molar refractivity (Wildman–Crippen MR) is 107 cm³/mol. The molecule has 0 amide bonds. The molecule has 2 aromatic carbocycles. The van der Waals surface area contributed by atoms with Gasteiger partial charge in [-0.25, -0.2) is 0 Å². The highest BCUT2D eigenvalue weighted by atomic mass is 15.2. The summed E-state index contributed by atoms with van der Waals surface area (Å²) in [4.78, 5) is 2.84. The molecule has 2 fully saturated rings. The second-order valence-corrected chi connectivity index (χ2v) is 9.66. The van der Waals surface area contributed by atoms with E-state index < -0.39 is 0 Å². The molecule has 6 rings (SSSR count). The summed E-state index contributed by atoms with van der Waals surface area (Å²) in [5.41, 5.74) is 6.95. The molecule has 5 unspecified atom stereocenters. The van der Waals surface area contributed by atoms with E-state index in [4.69, 9.17) is 0 Å². The molecule has 1 saturated carbocycles. The van der Waals surface area contributed by atoms with Crippen LogP contribution < -0.4 is 0 Å². The number of rotatable bonds is 2. The molecule has 4 aliphatic rings. The molecule has 3 aliphatic carbocycles. The van der Waals surface area contributed by atoms with Crippen LogP contribution in [-0.2, 0) is 5.41 Å². The Morgan fingerprint density at radius 3 is 2.54 bits per heavy atom. The Labute approximate surface area is 157 Å². The quantitative estimate of drug-likeness (QED) is 0.714. The number of likely N-dealkylation sites (tertiary alicyclic amines) is 1. The lowest BCUT2D eigenvalue weighted by Crippen LogP contribution is -2.35. The zero-order chi connectivity index (χ0) is 17.3. The zero-order valence-corrected chi connectivity index (χ0v) is 15.8. The Kier molecular flexibility index (Phi) is 3.24. The molecule has 2 bridgehead atoms. The molecule has 1 aliphatic heterocycles. The standard InChI is InChI=1S/C25H29N/c1-17-10-11-18(12-17)14-26-15-24-20-7-3-2-6-19(20)22-13-25(24,16-26)23-9-5-4-8-21(22)23/h2-9,17-18,22,24H,10-16H2,1H3. The minimum absolute atomic E-state index is 0.375. The smallest absolute Gasteiger partial charge is 0.0173 e. The van der Waals surface area contributed by atoms with Crippen molar-refractivity contribution >= 4 is 0 Å². The van der Waals surface area contributed by atoms with E-state index in [0.717, 1.165) is 11.8 Å². The highest BCUT2D eigenvalue weighted by molar-refractivity contribution is 5.58. The first-order valence-electron chi connectivity index (χ1n) is 10.7. The van der Waals surface area contributed by atoms with Crippen molar-refractivity contribution < 1.29 is 0 Å². The molecular formula is C25H29N. The van der Waals surface area contributed by atoms with Gasteiger partial charge < -0.3 is 4.90 Å². The van der Waals surface area contributed by atoms with Gasteiger partial charge in [0.05, 0.1) is 0 Å². The van der Waals surface area contributed by atoms with Gasteiger partial charge in [-0.3, -0.25) is 0 Å². The van der Waals surface area contributed by atoms with Crippen LogP contribution in [0, 0.1) is 11.8 Å². The monoisotopic (exact) mass is 343 g/mol. The lowest BCUT2D eigenvalue weighted by atomic mass is 9.65. The van der Waals surface area contributed by atoms with Gasteiger partial charge in [0.1, 0.15) is 0 Å². The van der Waals surface area contributed by atoms with Crippen LogP contribution in [0.15, 0.2) is 48.5 Å². The van der Waals surface area contributed by atoms with Crippen molar-refractivity contribution in [2.45, 2.75) is 49.9 Å². The number of nitrogens with zero attached hydrogens (tertiary/aromatic N) is 1. The van der Waals surface area contributed by atoms with Crippen molar-refractivity contribution in [3.8, 4) is 0 Å². The van der Waals surface area contributed by atoms with E-state index in [0.29, 0.717) is 17.3 Å². The van der Waals surface area contributed by atoms with Gasteiger partial charge >= 0.3 is 0 Å². The number of fused-ring (bicyclic) bond motifs is 3. The second kappa shape index (κ2) is 5.45. The van der Waals surface area contributed by atoms with E-state index >= 15 is 0 Å². The van der Waals surface area contributed by atoms with Crippen LogP contribution in [0.25, 0.3) is 0 Å². The molecular weight excluding hydrogens is 314 g/mol. The van der Waals surface area contributed by atoms with Crippen LogP contribution >= 0.6 is 0 Å². The number of benzene rings is 2. The van der Waals surface area contributed by atoms with Crippen LogP contribution in [0.2, 0.25) is 0 Å². The van der Waals surface area contributed by atoms with Crippen molar-refractivity contribution in [3.63, 3.8) is 0 Å². The lowest BCUT2D eigenvalue weighted by Gasteiger charge is -2.37. The van der Waals surface area contributed by atoms with E-state index in [1.165, 1.54) is 45.3 Å². The maximum Gasteiger partial charge on any atom is 0.0173 e. The lowest BCUT2D eigenvalue weighted by molar-refractivity contribution is 0.258. The molecule has 0 aromatic heterocycles. The Morgan fingerprint density at radius 2 is 1.73 bits per heavy atom. The van der Waals surface area contributed by atoms with Gasteiger partial charge in [-0.05, 0) is 53.4 Å². The van der Waals surface area contributed by atoms with Crippen molar-refractivity contribution in [1.29, 1.82) is 0 Å². The Balaban J connectivity index is 1.42. The summed E-state index contributed by atoms with van der Waals surface area (Å²) < 4.78 is 0. The van der Waals surface area contributed by atoms with E-state index in [2.05, 4.69) is 60.4 Å². The van der Waals surface area contributed by atoms with Gasteiger partial charge in [-0.2, -0.15) is 0 Å². The molecule has 1 nitrogen and oxygen atoms in total. The van der Waals surface area contributed by atoms with Gasteiger partial charge in [-0.1, -0.05) is 61.9 Å². The van der Waals surface area contributed by atoms with Crippen LogP contribution in [0.5, 0.6) is 0 Å². The van der Waals surface area contributed by atoms with Crippen LogP contribution in [-0.4, -0.2) is 24.5 Å². The van der Waals surface area contributed by atoms with Crippen molar-refractivity contribution in [2.75, 3.05) is 19.6 Å². The molecule has 0 radical (unpaired) electrons. The van der Waals surface area contributed by atoms with E-state index in [9.17, 15) is 0 Å². The summed E-state index contributed by atoms with van der Waals surface area (Å²) in [7, 11) is 0. The molecule has 26 heavy (non-hydrogen) atoms. The fourth-order valence-electron chi connectivity index (χ4n) is 7.14. The molecule has 1 heteroatoms. The summed E-state index contributed by atoms with van der Waals surface area (Å²) in [6.07, 6.45) is 5.68. The number of hydrogen-bond acceptors (Lipinski definition) is 1. The third-order valence-corrected chi connectivity index (χ3v) is 8.12. The average molecular weight is 344 g/mol. The van der Waals surface area contributed by atoms with Gasteiger partial charge in [0, 0.05) is 36.9 Å². The number of hydrogen-bond donors (Lipinski definition) is 0. The van der Waals surface area contributed by atoms with E-state index in [1.54, 1.807) is 22.3 Å². The summed E-state index contributed by atoms with van der Waals surface area (Å²) in [6.45, 7) is 6.32. The second-order valence-electron chi connectivity index (χ2n) is 9.66. The van der Waals surface area contributed by atoms with Crippen LogP contribution in [0.3, 0.4) is 0 Å². The van der Waals surface area contributed by atoms with Crippen LogP contribution in [0.1, 0.15) is 66.7 Å². The van der Waals surface area contributed by atoms with E-state index in [-0.39, 0.29) is 0 Å². The molecule has 5 atom stereocenters. The largest absolute Gasteiger partial charge is 0.302 e. The van der Waals surface area contributed by atoms with Crippen LogP contribution in [0.4, 0.5) is 0 Å². The Bertz CT molecular complexity index is 844. The molecule has 1 saturated heterocycles. The maximum absolute atomic E-state index is 2.84. The molecule has 134 valence electrons. The minimum atomic E-state index is 0.375. The van der Waals surface area contributed by atoms with Gasteiger partial charge in [-0.15, -0.1) is 0 Å². The van der Waals surface area contributed by atoms with Gasteiger partial charge in [0.25, 0.3) is 0 Å². The van der Waals surface area contributed by atoms with Gasteiger partial charge in [0.15, 0.2) is 0 Å². The summed E-state index contributed by atoms with van der Waals surface area (Å²) >= 11 is 0. The molecule has 1 heterocycles. The third-order valence-electron chi connectivity index (χ3n) is 8.12. The Hall–Kier alpha value is -1.60. The molecule has 2 aromatic rings. The maximum atomic E-state index is 2.84. The normalized spacial score (nSPS) is 37.4. The SMILES string of the molecule is CC1CCC(CN2CC3c4ccccc4C4CC3(C2)c2ccccc24)C1. The predicted octanol–water partition coefficient (Wildman–Crippen LogP) is 5.31. The Morgan fingerprint density at radius 1 is 0.962 bits per heavy atom. The van der Waals surface area contributed by atoms with Crippen molar-refractivity contribution in [1.82, 2.24) is 4.90 Å². The van der Waals surface area contributed by atoms with Crippen molar-refractivity contribution in [3.05, 3.63) is 70.8 Å². The third kappa shape index (κ3) is 2.01. The fraction of sp³-hybridized carbons (Fsp3) is 0.520. The molecule has 1 spiro atoms. The highest BCUT2D eigenvalue weighted by Gasteiger charge is 2.58. The zero-order valence-electron chi connectivity index (χ0n) is 15.8. The molecule has 0 N–H and O–H groups in total. The first-order valence-corrected chi connectivity index (χ1v) is 10.7. The van der Waals surface area contributed by atoms with Crippen molar-refractivity contribution in [2.24, 2.45) is 11.8 Å².